The molecule has 76 valence electrons. The van der Waals surface area contributed by atoms with Crippen LogP contribution in [-0.2, 0) is 4.74 Å². The summed E-state index contributed by atoms with van der Waals surface area (Å²) in [4.78, 5) is 0. The van der Waals surface area contributed by atoms with Crippen molar-refractivity contribution in [1.29, 1.82) is 0 Å². The van der Waals surface area contributed by atoms with Gasteiger partial charge in [0, 0.05) is 0 Å². The van der Waals surface area contributed by atoms with Crippen LogP contribution in [0.4, 0.5) is 0 Å². The zero-order chi connectivity index (χ0) is 9.68. The Morgan fingerprint density at radius 2 is 2.00 bits per heavy atom. The highest BCUT2D eigenvalue weighted by molar-refractivity contribution is 4.89. The van der Waals surface area contributed by atoms with Gasteiger partial charge in [0.05, 0.1) is 18.3 Å². The number of hydrogen-bond donors (Lipinski definition) is 1. The molecule has 0 bridgehead atoms. The number of rotatable bonds is 4. The van der Waals surface area contributed by atoms with E-state index in [0.29, 0.717) is 6.10 Å². The molecule has 1 aliphatic rings. The predicted molar refractivity (Wildman–Crippen MR) is 53.6 cm³/mol. The van der Waals surface area contributed by atoms with E-state index in [-0.39, 0.29) is 6.10 Å². The molecule has 2 nitrogen and oxygen atoms in total. The quantitative estimate of drug-likeness (QED) is 0.679. The fourth-order valence-corrected chi connectivity index (χ4v) is 1.76. The Morgan fingerprint density at radius 1 is 1.38 bits per heavy atom. The summed E-state index contributed by atoms with van der Waals surface area (Å²) >= 11 is 0. The minimum absolute atomic E-state index is 0.0701. The monoisotopic (exact) mass is 184 g/mol. The van der Waals surface area contributed by atoms with Crippen molar-refractivity contribution in [2.24, 2.45) is 0 Å². The van der Waals surface area contributed by atoms with Gasteiger partial charge in [-0.15, -0.1) is 0 Å². The van der Waals surface area contributed by atoms with Crippen LogP contribution in [0.25, 0.3) is 0 Å². The third-order valence-corrected chi connectivity index (χ3v) is 2.58. The molecule has 13 heavy (non-hydrogen) atoms. The molecule has 0 aromatic rings. The van der Waals surface area contributed by atoms with Gasteiger partial charge in [-0.05, 0) is 26.7 Å². The molecule has 0 aromatic heterocycles. The Bertz CT molecular complexity index is 159. The zero-order valence-electron chi connectivity index (χ0n) is 8.57. The molecule has 1 saturated carbocycles. The molecule has 0 saturated heterocycles. The Kier molecular flexibility index (Phi) is 4.46. The second kappa shape index (κ2) is 5.40. The van der Waals surface area contributed by atoms with E-state index < -0.39 is 6.10 Å². The lowest BCUT2D eigenvalue weighted by Crippen LogP contribution is -2.27. The Balaban J connectivity index is 2.26. The summed E-state index contributed by atoms with van der Waals surface area (Å²) in [7, 11) is 0. The van der Waals surface area contributed by atoms with E-state index in [1.807, 2.05) is 19.9 Å². The molecule has 2 atom stereocenters. The van der Waals surface area contributed by atoms with Crippen molar-refractivity contribution >= 4 is 0 Å². The molecule has 0 aromatic carbocycles. The summed E-state index contributed by atoms with van der Waals surface area (Å²) < 4.78 is 5.72. The van der Waals surface area contributed by atoms with Gasteiger partial charge in [0.15, 0.2) is 0 Å². The third-order valence-electron chi connectivity index (χ3n) is 2.58. The van der Waals surface area contributed by atoms with Crippen LogP contribution < -0.4 is 0 Å². The minimum atomic E-state index is -0.453. The van der Waals surface area contributed by atoms with Crippen molar-refractivity contribution in [2.75, 3.05) is 0 Å². The molecule has 0 heterocycles. The van der Waals surface area contributed by atoms with Crippen LogP contribution in [0.2, 0.25) is 0 Å². The van der Waals surface area contributed by atoms with Crippen molar-refractivity contribution in [3.63, 3.8) is 0 Å². The number of aliphatic hydroxyl groups excluding tert-OH is 1. The van der Waals surface area contributed by atoms with Crippen molar-refractivity contribution in [3.05, 3.63) is 12.2 Å². The van der Waals surface area contributed by atoms with Gasteiger partial charge in [-0.3, -0.25) is 0 Å². The van der Waals surface area contributed by atoms with Crippen LogP contribution in [0.15, 0.2) is 12.2 Å². The van der Waals surface area contributed by atoms with E-state index in [9.17, 15) is 5.11 Å². The molecule has 0 amide bonds. The van der Waals surface area contributed by atoms with Gasteiger partial charge < -0.3 is 9.84 Å². The van der Waals surface area contributed by atoms with Gasteiger partial charge in [-0.2, -0.15) is 0 Å². The van der Waals surface area contributed by atoms with Crippen molar-refractivity contribution in [3.8, 4) is 0 Å². The number of hydrogen-bond acceptors (Lipinski definition) is 2. The number of allylic oxidation sites excluding steroid dienone is 1. The van der Waals surface area contributed by atoms with Crippen molar-refractivity contribution in [2.45, 2.75) is 57.8 Å². The topological polar surface area (TPSA) is 29.5 Å². The fourth-order valence-electron chi connectivity index (χ4n) is 1.76. The lowest BCUT2D eigenvalue weighted by Gasteiger charge is -2.21. The summed E-state index contributed by atoms with van der Waals surface area (Å²) in [6.07, 6.45) is 8.37. The molecule has 1 fully saturated rings. The summed E-state index contributed by atoms with van der Waals surface area (Å²) in [5, 5.41) is 9.57. The molecule has 1 N–H and O–H groups in total. The lowest BCUT2D eigenvalue weighted by atomic mass is 10.2. The van der Waals surface area contributed by atoms with E-state index >= 15 is 0 Å². The molecule has 2 heteroatoms. The first-order chi connectivity index (χ1) is 6.24. The van der Waals surface area contributed by atoms with Gasteiger partial charge in [0.1, 0.15) is 0 Å². The molecule has 2 unspecified atom stereocenters. The first kappa shape index (κ1) is 10.7. The zero-order valence-corrected chi connectivity index (χ0v) is 8.57. The average Bonchev–Trinajstić information content (AvgIpc) is 2.57. The summed E-state index contributed by atoms with van der Waals surface area (Å²) in [5.41, 5.74) is 0. The molecule has 1 aliphatic carbocycles. The van der Waals surface area contributed by atoms with Gasteiger partial charge >= 0.3 is 0 Å². The second-order valence-corrected chi connectivity index (χ2v) is 3.76. The van der Waals surface area contributed by atoms with Gasteiger partial charge in [0.25, 0.3) is 0 Å². The molecular formula is C11H20O2. The molecule has 0 radical (unpaired) electrons. The highest BCUT2D eigenvalue weighted by Crippen LogP contribution is 2.22. The fraction of sp³-hybridized carbons (Fsp3) is 0.818. The van der Waals surface area contributed by atoms with E-state index in [0.717, 1.165) is 12.8 Å². The lowest BCUT2D eigenvalue weighted by molar-refractivity contribution is -0.0488. The minimum Gasteiger partial charge on any atom is -0.386 e. The Labute approximate surface area is 80.6 Å². The summed E-state index contributed by atoms with van der Waals surface area (Å²) in [6.45, 7) is 3.84. The van der Waals surface area contributed by atoms with Crippen LogP contribution in [0.3, 0.4) is 0 Å². The van der Waals surface area contributed by atoms with Crippen LogP contribution in [0.1, 0.15) is 39.5 Å². The average molecular weight is 184 g/mol. The van der Waals surface area contributed by atoms with Crippen LogP contribution in [0, 0.1) is 0 Å². The second-order valence-electron chi connectivity index (χ2n) is 3.76. The predicted octanol–water partition coefficient (Wildman–Crippen LogP) is 2.27. The Morgan fingerprint density at radius 3 is 2.54 bits per heavy atom. The SMILES string of the molecule is CC=CC(O)C(C)OC1CCCC1. The van der Waals surface area contributed by atoms with Gasteiger partial charge in [0.2, 0.25) is 0 Å². The number of ether oxygens (including phenoxy) is 1. The van der Waals surface area contributed by atoms with Crippen LogP contribution in [-0.4, -0.2) is 23.4 Å². The maximum Gasteiger partial charge on any atom is 0.0979 e. The van der Waals surface area contributed by atoms with Crippen LogP contribution in [0.5, 0.6) is 0 Å². The summed E-state index contributed by atoms with van der Waals surface area (Å²) in [6, 6.07) is 0. The summed E-state index contributed by atoms with van der Waals surface area (Å²) in [5.74, 6) is 0. The maximum atomic E-state index is 9.57. The normalized spacial score (nSPS) is 23.9. The molecule has 0 spiro atoms. The standard InChI is InChI=1S/C11H20O2/c1-3-6-11(12)9(2)13-10-7-4-5-8-10/h3,6,9-12H,4-5,7-8H2,1-2H3. The molecule has 0 aliphatic heterocycles. The highest BCUT2D eigenvalue weighted by atomic mass is 16.5. The first-order valence-electron chi connectivity index (χ1n) is 5.20. The van der Waals surface area contributed by atoms with Crippen molar-refractivity contribution in [1.82, 2.24) is 0 Å². The van der Waals surface area contributed by atoms with Gasteiger partial charge in [-0.25, -0.2) is 0 Å². The maximum absolute atomic E-state index is 9.57. The highest BCUT2D eigenvalue weighted by Gasteiger charge is 2.20. The van der Waals surface area contributed by atoms with E-state index in [2.05, 4.69) is 0 Å². The van der Waals surface area contributed by atoms with E-state index in [1.54, 1.807) is 6.08 Å². The largest absolute Gasteiger partial charge is 0.386 e. The molecular weight excluding hydrogens is 164 g/mol. The van der Waals surface area contributed by atoms with Gasteiger partial charge in [-0.1, -0.05) is 25.0 Å². The smallest absolute Gasteiger partial charge is 0.0979 e. The van der Waals surface area contributed by atoms with E-state index in [1.165, 1.54) is 12.8 Å². The third kappa shape index (κ3) is 3.49. The Hall–Kier alpha value is -0.340. The first-order valence-corrected chi connectivity index (χ1v) is 5.20. The van der Waals surface area contributed by atoms with Crippen LogP contribution >= 0.6 is 0 Å². The molecule has 1 rings (SSSR count). The number of aliphatic hydroxyl groups is 1. The van der Waals surface area contributed by atoms with E-state index in [4.69, 9.17) is 4.74 Å². The van der Waals surface area contributed by atoms with Crippen molar-refractivity contribution < 1.29 is 9.84 Å².